The molecule has 8 nitrogen and oxygen atoms in total. The molecule has 2 amide bonds. The van der Waals surface area contributed by atoms with Crippen LogP contribution in [-0.2, 0) is 6.54 Å². The number of aromatic nitrogens is 3. The van der Waals surface area contributed by atoms with Crippen molar-refractivity contribution in [2.24, 2.45) is 5.73 Å². The Labute approximate surface area is 161 Å². The number of amides is 2. The van der Waals surface area contributed by atoms with E-state index in [1.54, 1.807) is 23.8 Å². The molecule has 2 aromatic heterocycles. The molecule has 1 aliphatic carbocycles. The standard InChI is InChI=1S/C16H16N6O2.2ClH/c1-18-16(24)20-7-8-3-2-4-9-10(8)11(17)13-12(9)21-15(23)14-19-5-6-22(13)14;;/h2-6,11H,7,17H2,1H3,(H,21,23)(H2,18,20,24);2*1H. The van der Waals surface area contributed by atoms with E-state index in [0.29, 0.717) is 17.9 Å². The van der Waals surface area contributed by atoms with Gasteiger partial charge in [-0.25, -0.2) is 9.78 Å². The number of carbonyl (C=O) groups is 1. The van der Waals surface area contributed by atoms with Crippen LogP contribution >= 0.6 is 24.8 Å². The lowest BCUT2D eigenvalue weighted by atomic mass is 10.00. The van der Waals surface area contributed by atoms with Crippen LogP contribution in [0.3, 0.4) is 0 Å². The molecule has 0 radical (unpaired) electrons. The highest BCUT2D eigenvalue weighted by atomic mass is 35.5. The minimum atomic E-state index is -0.411. The molecule has 0 fully saturated rings. The number of benzene rings is 1. The Morgan fingerprint density at radius 1 is 1.38 bits per heavy atom. The summed E-state index contributed by atoms with van der Waals surface area (Å²) in [5.74, 6) is 0. The molecular formula is C16H18Cl2N6O2. The Balaban J connectivity index is 0.00000121. The molecule has 3 aromatic rings. The molecule has 0 bridgehead atoms. The Morgan fingerprint density at radius 3 is 2.88 bits per heavy atom. The van der Waals surface area contributed by atoms with E-state index >= 15 is 0 Å². The summed E-state index contributed by atoms with van der Waals surface area (Å²) in [6.45, 7) is 0.349. The fourth-order valence-corrected chi connectivity index (χ4v) is 3.28. The number of imidazole rings is 1. The Kier molecular flexibility index (Phi) is 5.60. The van der Waals surface area contributed by atoms with Crippen LogP contribution in [0, 0.1) is 0 Å². The number of hydrogen-bond acceptors (Lipinski definition) is 4. The predicted molar refractivity (Wildman–Crippen MR) is 103 cm³/mol. The molecule has 1 unspecified atom stereocenters. The summed E-state index contributed by atoms with van der Waals surface area (Å²) in [5.41, 5.74) is 10.7. The quantitative estimate of drug-likeness (QED) is 0.522. The number of halogens is 2. The van der Waals surface area contributed by atoms with Crippen molar-refractivity contribution in [3.63, 3.8) is 0 Å². The van der Waals surface area contributed by atoms with Gasteiger partial charge in [0.15, 0.2) is 0 Å². The maximum absolute atomic E-state index is 12.2. The van der Waals surface area contributed by atoms with Crippen LogP contribution in [0.5, 0.6) is 0 Å². The first-order chi connectivity index (χ1) is 11.6. The second-order valence-electron chi connectivity index (χ2n) is 5.62. The number of urea groups is 1. The number of carbonyl (C=O) groups excluding carboxylic acids is 1. The fraction of sp³-hybridized carbons (Fsp3) is 0.188. The number of nitrogens with two attached hydrogens (primary N) is 1. The van der Waals surface area contributed by atoms with Crippen molar-refractivity contribution in [2.45, 2.75) is 12.6 Å². The summed E-state index contributed by atoms with van der Waals surface area (Å²) in [6.07, 6.45) is 3.31. The molecule has 0 saturated carbocycles. The zero-order chi connectivity index (χ0) is 16.8. The third-order valence-corrected chi connectivity index (χ3v) is 4.34. The van der Waals surface area contributed by atoms with Gasteiger partial charge >= 0.3 is 6.03 Å². The van der Waals surface area contributed by atoms with E-state index in [9.17, 15) is 9.59 Å². The number of hydrogen-bond donors (Lipinski definition) is 4. The van der Waals surface area contributed by atoms with E-state index in [2.05, 4.69) is 20.6 Å². The van der Waals surface area contributed by atoms with Gasteiger partial charge < -0.3 is 21.4 Å². The van der Waals surface area contributed by atoms with Crippen LogP contribution in [0.1, 0.15) is 22.9 Å². The van der Waals surface area contributed by atoms with Gasteiger partial charge in [-0.3, -0.25) is 9.20 Å². The van der Waals surface area contributed by atoms with Crippen molar-refractivity contribution >= 4 is 36.5 Å². The average Bonchev–Trinajstić information content (AvgIpc) is 3.17. The van der Waals surface area contributed by atoms with Crippen molar-refractivity contribution in [3.05, 3.63) is 57.8 Å². The average molecular weight is 397 g/mol. The molecule has 5 N–H and O–H groups in total. The monoisotopic (exact) mass is 396 g/mol. The number of aromatic amines is 1. The molecule has 4 rings (SSSR count). The van der Waals surface area contributed by atoms with Crippen molar-refractivity contribution in [1.82, 2.24) is 25.0 Å². The van der Waals surface area contributed by atoms with E-state index in [1.807, 2.05) is 18.2 Å². The van der Waals surface area contributed by atoms with Gasteiger partial charge in [-0.15, -0.1) is 24.8 Å². The maximum atomic E-state index is 12.2. The molecule has 2 heterocycles. The number of H-pyrrole nitrogens is 1. The van der Waals surface area contributed by atoms with Crippen molar-refractivity contribution in [1.29, 1.82) is 0 Å². The van der Waals surface area contributed by atoms with Gasteiger partial charge in [0.1, 0.15) is 0 Å². The number of fused-ring (bicyclic) bond motifs is 5. The molecule has 138 valence electrons. The van der Waals surface area contributed by atoms with Crippen molar-refractivity contribution < 1.29 is 4.79 Å². The number of nitrogens with one attached hydrogen (secondary N) is 3. The lowest BCUT2D eigenvalue weighted by molar-refractivity contribution is 0.242. The van der Waals surface area contributed by atoms with Crippen molar-refractivity contribution in [3.8, 4) is 11.3 Å². The predicted octanol–water partition coefficient (Wildman–Crippen LogP) is 1.32. The van der Waals surface area contributed by atoms with Gasteiger partial charge in [0.2, 0.25) is 5.65 Å². The van der Waals surface area contributed by atoms with Crippen molar-refractivity contribution in [2.75, 3.05) is 7.05 Å². The van der Waals surface area contributed by atoms with E-state index in [4.69, 9.17) is 5.73 Å². The summed E-state index contributed by atoms with van der Waals surface area (Å²) in [4.78, 5) is 30.6. The van der Waals surface area contributed by atoms with E-state index in [-0.39, 0.29) is 36.4 Å². The van der Waals surface area contributed by atoms with Gasteiger partial charge in [0.05, 0.1) is 17.4 Å². The summed E-state index contributed by atoms with van der Waals surface area (Å²) in [5, 5.41) is 5.29. The maximum Gasteiger partial charge on any atom is 0.314 e. The molecule has 10 heteroatoms. The molecule has 1 aromatic carbocycles. The molecule has 0 aliphatic heterocycles. The number of nitrogens with zero attached hydrogens (tertiary/aromatic N) is 2. The fourth-order valence-electron chi connectivity index (χ4n) is 3.28. The second-order valence-corrected chi connectivity index (χ2v) is 5.62. The largest absolute Gasteiger partial charge is 0.341 e. The molecule has 26 heavy (non-hydrogen) atoms. The Hall–Kier alpha value is -2.55. The zero-order valence-electron chi connectivity index (χ0n) is 13.8. The van der Waals surface area contributed by atoms with Crippen LogP contribution in [-0.4, -0.2) is 27.4 Å². The Bertz CT molecular complexity index is 1030. The van der Waals surface area contributed by atoms with Gasteiger partial charge in [0, 0.05) is 31.5 Å². The third-order valence-electron chi connectivity index (χ3n) is 4.34. The van der Waals surface area contributed by atoms with E-state index in [1.165, 1.54) is 0 Å². The first-order valence-corrected chi connectivity index (χ1v) is 7.54. The smallest absolute Gasteiger partial charge is 0.314 e. The Morgan fingerprint density at radius 2 is 2.15 bits per heavy atom. The number of rotatable bonds is 2. The highest BCUT2D eigenvalue weighted by molar-refractivity contribution is 5.85. The van der Waals surface area contributed by atoms with Gasteiger partial charge in [0.25, 0.3) is 5.56 Å². The minimum absolute atomic E-state index is 0. The molecule has 0 spiro atoms. The summed E-state index contributed by atoms with van der Waals surface area (Å²) < 4.78 is 1.73. The first kappa shape index (κ1) is 19.8. The van der Waals surface area contributed by atoms with Crippen LogP contribution in [0.25, 0.3) is 16.9 Å². The van der Waals surface area contributed by atoms with Crippen LogP contribution in [0.2, 0.25) is 0 Å². The summed E-state index contributed by atoms with van der Waals surface area (Å²) in [6, 6.07) is 5.05. The molecular weight excluding hydrogens is 379 g/mol. The van der Waals surface area contributed by atoms with Gasteiger partial charge in [-0.05, 0) is 11.1 Å². The normalized spacial score (nSPS) is 14.0. The lowest BCUT2D eigenvalue weighted by Gasteiger charge is -2.13. The van der Waals surface area contributed by atoms with E-state index in [0.717, 1.165) is 22.4 Å². The zero-order valence-corrected chi connectivity index (χ0v) is 15.4. The van der Waals surface area contributed by atoms with Gasteiger partial charge in [-0.1, -0.05) is 18.2 Å². The first-order valence-electron chi connectivity index (χ1n) is 7.54. The SMILES string of the molecule is CNC(=O)NCc1cccc2c1C(N)c1c-2[nH]c(=O)c2nccn12.Cl.Cl. The molecule has 1 aliphatic rings. The van der Waals surface area contributed by atoms with Gasteiger partial charge in [-0.2, -0.15) is 0 Å². The molecule has 1 atom stereocenters. The van der Waals surface area contributed by atoms with E-state index < -0.39 is 6.04 Å². The summed E-state index contributed by atoms with van der Waals surface area (Å²) >= 11 is 0. The topological polar surface area (TPSA) is 117 Å². The van der Waals surface area contributed by atoms with Crippen LogP contribution in [0.4, 0.5) is 4.79 Å². The minimum Gasteiger partial charge on any atom is -0.341 e. The summed E-state index contributed by atoms with van der Waals surface area (Å²) in [7, 11) is 1.56. The van der Waals surface area contributed by atoms with Crippen LogP contribution in [0.15, 0.2) is 35.4 Å². The third kappa shape index (κ3) is 2.82. The second kappa shape index (κ2) is 7.36. The molecule has 0 saturated heterocycles. The lowest BCUT2D eigenvalue weighted by Crippen LogP contribution is -2.32. The highest BCUT2D eigenvalue weighted by Crippen LogP contribution is 2.42. The van der Waals surface area contributed by atoms with Crippen LogP contribution < -0.4 is 21.9 Å². The highest BCUT2D eigenvalue weighted by Gasteiger charge is 2.32.